The number of thioether (sulfide) groups is 1. The third-order valence-corrected chi connectivity index (χ3v) is 6.08. The van der Waals surface area contributed by atoms with E-state index in [0.29, 0.717) is 27.6 Å². The summed E-state index contributed by atoms with van der Waals surface area (Å²) < 4.78 is 1.62. The summed E-state index contributed by atoms with van der Waals surface area (Å²) in [5.41, 5.74) is 0.428. The van der Waals surface area contributed by atoms with E-state index in [1.165, 1.54) is 16.6 Å². The molecule has 5 nitrogen and oxygen atoms in total. The zero-order valence-electron chi connectivity index (χ0n) is 15.1. The monoisotopic (exact) mass is 421 g/mol. The molecule has 0 saturated carbocycles. The molecule has 3 rings (SSSR count). The smallest absolute Gasteiger partial charge is 0.262 e. The van der Waals surface area contributed by atoms with Gasteiger partial charge in [0.15, 0.2) is 5.16 Å². The molecular weight excluding hydrogens is 402 g/mol. The van der Waals surface area contributed by atoms with Gasteiger partial charge in [-0.2, -0.15) is 0 Å². The molecule has 2 aromatic heterocycles. The molecule has 0 saturated heterocycles. The first-order valence-corrected chi connectivity index (χ1v) is 10.8. The molecular formula is C19H20ClN3O2S2. The second-order valence-electron chi connectivity index (χ2n) is 6.29. The number of hydrogen-bond donors (Lipinski definition) is 1. The molecule has 142 valence electrons. The zero-order chi connectivity index (χ0) is 19.4. The first-order valence-electron chi connectivity index (χ1n) is 8.59. The fourth-order valence-electron chi connectivity index (χ4n) is 2.67. The van der Waals surface area contributed by atoms with Gasteiger partial charge in [-0.25, -0.2) is 4.98 Å². The second kappa shape index (κ2) is 8.91. The number of amides is 1. The number of aromatic nitrogens is 2. The summed E-state index contributed by atoms with van der Waals surface area (Å²) in [6, 6.07) is 9.05. The molecule has 1 amide bonds. The van der Waals surface area contributed by atoms with E-state index in [2.05, 4.69) is 16.4 Å². The van der Waals surface area contributed by atoms with Gasteiger partial charge in [0.1, 0.15) is 0 Å². The molecule has 3 aromatic rings. The Morgan fingerprint density at radius 3 is 2.89 bits per heavy atom. The highest BCUT2D eigenvalue weighted by Crippen LogP contribution is 2.22. The lowest BCUT2D eigenvalue weighted by atomic mass is 10.2. The number of benzene rings is 1. The lowest BCUT2D eigenvalue weighted by Gasteiger charge is -2.16. The number of rotatable bonds is 7. The third-order valence-electron chi connectivity index (χ3n) is 3.95. The van der Waals surface area contributed by atoms with Gasteiger partial charge in [0.25, 0.3) is 5.56 Å². The van der Waals surface area contributed by atoms with Gasteiger partial charge in [-0.1, -0.05) is 29.4 Å². The molecule has 0 aliphatic rings. The van der Waals surface area contributed by atoms with Gasteiger partial charge in [0, 0.05) is 22.5 Å². The summed E-state index contributed by atoms with van der Waals surface area (Å²) in [6.07, 6.45) is 0.817. The summed E-state index contributed by atoms with van der Waals surface area (Å²) in [7, 11) is 0. The van der Waals surface area contributed by atoms with Gasteiger partial charge < -0.3 is 5.32 Å². The summed E-state index contributed by atoms with van der Waals surface area (Å²) in [6.45, 7) is 4.45. The normalized spacial score (nSPS) is 11.3. The van der Waals surface area contributed by atoms with Gasteiger partial charge in [0.2, 0.25) is 5.91 Å². The summed E-state index contributed by atoms with van der Waals surface area (Å²) in [5.74, 6) is 0.127. The van der Waals surface area contributed by atoms with Crippen LogP contribution in [0.3, 0.4) is 0 Å². The van der Waals surface area contributed by atoms with Crippen LogP contribution in [-0.2, 0) is 11.2 Å². The minimum Gasteiger partial charge on any atom is -0.355 e. The Hall–Kier alpha value is -1.83. The number of nitrogens with zero attached hydrogens (tertiary/aromatic N) is 2. The van der Waals surface area contributed by atoms with Crippen LogP contribution in [0.5, 0.6) is 0 Å². The van der Waals surface area contributed by atoms with Crippen molar-refractivity contribution in [3.05, 3.63) is 56.0 Å². The van der Waals surface area contributed by atoms with E-state index in [1.54, 1.807) is 34.1 Å². The molecule has 0 radical (unpaired) electrons. The minimum absolute atomic E-state index is 0.0607. The van der Waals surface area contributed by atoms with E-state index in [4.69, 9.17) is 11.6 Å². The molecule has 0 fully saturated rings. The maximum atomic E-state index is 12.8. The van der Waals surface area contributed by atoms with E-state index in [-0.39, 0.29) is 23.3 Å². The molecule has 0 spiro atoms. The van der Waals surface area contributed by atoms with Crippen molar-refractivity contribution in [2.24, 2.45) is 0 Å². The van der Waals surface area contributed by atoms with Crippen LogP contribution in [0.4, 0.5) is 0 Å². The molecule has 0 unspecified atom stereocenters. The first kappa shape index (κ1) is 19.9. The lowest BCUT2D eigenvalue weighted by Crippen LogP contribution is -2.29. The molecule has 8 heteroatoms. The predicted octanol–water partition coefficient (Wildman–Crippen LogP) is 4.14. The Kier molecular flexibility index (Phi) is 6.57. The summed E-state index contributed by atoms with van der Waals surface area (Å²) in [4.78, 5) is 30.8. The van der Waals surface area contributed by atoms with Crippen LogP contribution in [0, 0.1) is 0 Å². The van der Waals surface area contributed by atoms with Crippen LogP contribution >= 0.6 is 34.7 Å². The van der Waals surface area contributed by atoms with Crippen molar-refractivity contribution in [3.63, 3.8) is 0 Å². The molecule has 27 heavy (non-hydrogen) atoms. The SMILES string of the molecule is CC(C)n1c(SCC(=O)NCCc2cccs2)nc2cc(Cl)ccc2c1=O. The van der Waals surface area contributed by atoms with Crippen molar-refractivity contribution in [1.29, 1.82) is 0 Å². The number of halogens is 1. The predicted molar refractivity (Wildman–Crippen MR) is 113 cm³/mol. The third kappa shape index (κ3) is 4.91. The van der Waals surface area contributed by atoms with Gasteiger partial charge in [-0.05, 0) is 49.9 Å². The van der Waals surface area contributed by atoms with Crippen molar-refractivity contribution in [2.45, 2.75) is 31.5 Å². The Labute approximate surface area is 170 Å². The van der Waals surface area contributed by atoms with Crippen LogP contribution in [-0.4, -0.2) is 27.8 Å². The highest BCUT2D eigenvalue weighted by Gasteiger charge is 2.15. The van der Waals surface area contributed by atoms with Crippen LogP contribution < -0.4 is 10.9 Å². The average Bonchev–Trinajstić information content (AvgIpc) is 3.12. The van der Waals surface area contributed by atoms with Crippen LogP contribution in [0.1, 0.15) is 24.8 Å². The number of carbonyl (C=O) groups excluding carboxylic acids is 1. The molecule has 0 aliphatic carbocycles. The van der Waals surface area contributed by atoms with E-state index in [9.17, 15) is 9.59 Å². The van der Waals surface area contributed by atoms with Crippen molar-refractivity contribution in [3.8, 4) is 0 Å². The molecule has 1 N–H and O–H groups in total. The molecule has 2 heterocycles. The Balaban J connectivity index is 1.72. The zero-order valence-corrected chi connectivity index (χ0v) is 17.5. The van der Waals surface area contributed by atoms with Gasteiger partial charge >= 0.3 is 0 Å². The fraction of sp³-hybridized carbons (Fsp3) is 0.316. The van der Waals surface area contributed by atoms with Crippen molar-refractivity contribution >= 4 is 51.5 Å². The van der Waals surface area contributed by atoms with E-state index in [0.717, 1.165) is 6.42 Å². The van der Waals surface area contributed by atoms with E-state index >= 15 is 0 Å². The molecule has 0 atom stereocenters. The highest BCUT2D eigenvalue weighted by atomic mass is 35.5. The van der Waals surface area contributed by atoms with Crippen molar-refractivity contribution in [2.75, 3.05) is 12.3 Å². The van der Waals surface area contributed by atoms with Crippen molar-refractivity contribution < 1.29 is 4.79 Å². The maximum Gasteiger partial charge on any atom is 0.262 e. The van der Waals surface area contributed by atoms with Crippen LogP contribution in [0.15, 0.2) is 45.7 Å². The molecule has 0 bridgehead atoms. The minimum atomic E-state index is -0.118. The molecule has 1 aromatic carbocycles. The number of fused-ring (bicyclic) bond motifs is 1. The second-order valence-corrected chi connectivity index (χ2v) is 8.70. The van der Waals surface area contributed by atoms with E-state index < -0.39 is 0 Å². The van der Waals surface area contributed by atoms with Gasteiger partial charge in [-0.3, -0.25) is 14.2 Å². The summed E-state index contributed by atoms with van der Waals surface area (Å²) in [5, 5.41) is 6.51. The van der Waals surface area contributed by atoms with Crippen molar-refractivity contribution in [1.82, 2.24) is 14.9 Å². The number of nitrogens with one attached hydrogen (secondary N) is 1. The number of thiophene rings is 1. The largest absolute Gasteiger partial charge is 0.355 e. The Morgan fingerprint density at radius 2 is 2.19 bits per heavy atom. The van der Waals surface area contributed by atoms with Gasteiger partial charge in [-0.15, -0.1) is 11.3 Å². The lowest BCUT2D eigenvalue weighted by molar-refractivity contribution is -0.118. The quantitative estimate of drug-likeness (QED) is 0.460. The first-order chi connectivity index (χ1) is 13.0. The number of hydrogen-bond acceptors (Lipinski definition) is 5. The summed E-state index contributed by atoms with van der Waals surface area (Å²) >= 11 is 8.98. The van der Waals surface area contributed by atoms with Crippen LogP contribution in [0.2, 0.25) is 5.02 Å². The highest BCUT2D eigenvalue weighted by molar-refractivity contribution is 7.99. The molecule has 0 aliphatic heterocycles. The Bertz CT molecular complexity index is 1000. The Morgan fingerprint density at radius 1 is 1.37 bits per heavy atom. The van der Waals surface area contributed by atoms with E-state index in [1.807, 2.05) is 25.3 Å². The standard InChI is InChI=1S/C19H20ClN3O2S2/c1-12(2)23-18(25)15-6-5-13(20)10-16(15)22-19(23)27-11-17(24)21-8-7-14-4-3-9-26-14/h3-6,9-10,12H,7-8,11H2,1-2H3,(H,21,24). The van der Waals surface area contributed by atoms with Gasteiger partial charge in [0.05, 0.1) is 16.7 Å². The topological polar surface area (TPSA) is 64.0 Å². The van der Waals surface area contributed by atoms with Crippen LogP contribution in [0.25, 0.3) is 10.9 Å². The average molecular weight is 422 g/mol. The fourth-order valence-corrected chi connectivity index (χ4v) is 4.50. The maximum absolute atomic E-state index is 12.8. The number of carbonyl (C=O) groups is 1.